The molecule has 7 nitrogen and oxygen atoms in total. The van der Waals surface area contributed by atoms with Gasteiger partial charge in [0.05, 0.1) is 10.3 Å². The van der Waals surface area contributed by atoms with Gasteiger partial charge in [0.2, 0.25) is 11.1 Å². The fourth-order valence-electron chi connectivity index (χ4n) is 2.25. The van der Waals surface area contributed by atoms with Crippen LogP contribution >= 0.6 is 23.4 Å². The van der Waals surface area contributed by atoms with Crippen LogP contribution in [0.5, 0.6) is 0 Å². The van der Waals surface area contributed by atoms with Crippen molar-refractivity contribution < 1.29 is 4.79 Å². The SMILES string of the molecule is Cc1ccccc1-c1nnc(S[C@@H](C)C(=O)Nc2ccc(Cl)cn2)n1N. The minimum absolute atomic E-state index is 0.217. The van der Waals surface area contributed by atoms with Gasteiger partial charge in [0, 0.05) is 11.8 Å². The second kappa shape index (κ2) is 7.76. The van der Waals surface area contributed by atoms with Gasteiger partial charge in [-0.15, -0.1) is 10.2 Å². The number of nitrogen functional groups attached to an aromatic ring is 1. The summed E-state index contributed by atoms with van der Waals surface area (Å²) in [7, 11) is 0. The summed E-state index contributed by atoms with van der Waals surface area (Å²) in [5.41, 5.74) is 1.94. The van der Waals surface area contributed by atoms with Crippen LogP contribution in [0.4, 0.5) is 5.82 Å². The van der Waals surface area contributed by atoms with Crippen LogP contribution < -0.4 is 11.2 Å². The van der Waals surface area contributed by atoms with Gasteiger partial charge >= 0.3 is 0 Å². The molecule has 0 aliphatic heterocycles. The quantitative estimate of drug-likeness (QED) is 0.514. The van der Waals surface area contributed by atoms with Crippen LogP contribution in [0.25, 0.3) is 11.4 Å². The number of amides is 1. The van der Waals surface area contributed by atoms with E-state index in [1.54, 1.807) is 19.1 Å². The molecule has 0 saturated carbocycles. The lowest BCUT2D eigenvalue weighted by Crippen LogP contribution is -2.24. The minimum Gasteiger partial charge on any atom is -0.335 e. The summed E-state index contributed by atoms with van der Waals surface area (Å²) in [6, 6.07) is 11.1. The zero-order valence-electron chi connectivity index (χ0n) is 14.2. The molecule has 0 aliphatic carbocycles. The monoisotopic (exact) mass is 388 g/mol. The Balaban J connectivity index is 1.71. The number of halogens is 1. The first-order valence-corrected chi connectivity index (χ1v) is 9.07. The number of aryl methyl sites for hydroxylation is 1. The van der Waals surface area contributed by atoms with Crippen molar-refractivity contribution in [2.45, 2.75) is 24.3 Å². The van der Waals surface area contributed by atoms with Crippen molar-refractivity contribution in [2.24, 2.45) is 0 Å². The Kier molecular flexibility index (Phi) is 5.43. The molecule has 134 valence electrons. The van der Waals surface area contributed by atoms with E-state index in [0.717, 1.165) is 11.1 Å². The van der Waals surface area contributed by atoms with Crippen molar-refractivity contribution in [3.63, 3.8) is 0 Å². The highest BCUT2D eigenvalue weighted by molar-refractivity contribution is 8.00. The number of thioether (sulfide) groups is 1. The maximum atomic E-state index is 12.3. The zero-order chi connectivity index (χ0) is 18.7. The van der Waals surface area contributed by atoms with E-state index in [1.807, 2.05) is 31.2 Å². The number of carbonyl (C=O) groups excluding carboxylic acids is 1. The molecule has 3 N–H and O–H groups in total. The van der Waals surface area contributed by atoms with Gasteiger partial charge in [0.25, 0.3) is 0 Å². The molecule has 2 aromatic heterocycles. The maximum Gasteiger partial charge on any atom is 0.238 e. The first kappa shape index (κ1) is 18.2. The van der Waals surface area contributed by atoms with Crippen LogP contribution in [0.3, 0.4) is 0 Å². The fourth-order valence-corrected chi connectivity index (χ4v) is 3.14. The molecule has 0 bridgehead atoms. The summed E-state index contributed by atoms with van der Waals surface area (Å²) in [5.74, 6) is 6.90. The molecule has 9 heteroatoms. The van der Waals surface area contributed by atoms with E-state index >= 15 is 0 Å². The molecule has 3 rings (SSSR count). The average Bonchev–Trinajstić information content (AvgIpc) is 2.98. The number of aromatic nitrogens is 4. The number of pyridine rings is 1. The molecule has 0 saturated heterocycles. The molecule has 26 heavy (non-hydrogen) atoms. The molecule has 0 spiro atoms. The Bertz CT molecular complexity index is 927. The first-order chi connectivity index (χ1) is 12.5. The Morgan fingerprint density at radius 2 is 2.04 bits per heavy atom. The summed E-state index contributed by atoms with van der Waals surface area (Å²) in [4.78, 5) is 16.4. The van der Waals surface area contributed by atoms with Crippen LogP contribution in [-0.2, 0) is 4.79 Å². The van der Waals surface area contributed by atoms with Gasteiger partial charge in [-0.05, 0) is 31.5 Å². The Hall–Kier alpha value is -2.58. The van der Waals surface area contributed by atoms with Crippen LogP contribution in [0.15, 0.2) is 47.8 Å². The number of nitrogens with zero attached hydrogens (tertiary/aromatic N) is 4. The van der Waals surface area contributed by atoms with Gasteiger partial charge < -0.3 is 11.2 Å². The number of nitrogens with two attached hydrogens (primary N) is 1. The smallest absolute Gasteiger partial charge is 0.238 e. The number of carbonyl (C=O) groups is 1. The summed E-state index contributed by atoms with van der Waals surface area (Å²) < 4.78 is 1.40. The number of nitrogens with one attached hydrogen (secondary N) is 1. The van der Waals surface area contributed by atoms with E-state index in [4.69, 9.17) is 17.4 Å². The Morgan fingerprint density at radius 1 is 1.27 bits per heavy atom. The normalized spacial score (nSPS) is 12.0. The summed E-state index contributed by atoms with van der Waals surface area (Å²) >= 11 is 7.01. The molecule has 0 radical (unpaired) electrons. The molecule has 0 aliphatic rings. The standard InChI is InChI=1S/C17H17ClN6OS/c1-10-5-3-4-6-13(10)15-22-23-17(24(15)19)26-11(2)16(25)21-14-8-7-12(18)9-20-14/h3-9,11H,19H2,1-2H3,(H,20,21,25)/t11-/m0/s1. The van der Waals surface area contributed by atoms with Crippen molar-refractivity contribution in [1.29, 1.82) is 0 Å². The van der Waals surface area contributed by atoms with Gasteiger partial charge in [-0.3, -0.25) is 4.79 Å². The van der Waals surface area contributed by atoms with Crippen LogP contribution in [-0.4, -0.2) is 31.0 Å². The van der Waals surface area contributed by atoms with Crippen LogP contribution in [0, 0.1) is 6.92 Å². The molecule has 2 heterocycles. The van der Waals surface area contributed by atoms with Gasteiger partial charge in [0.1, 0.15) is 5.82 Å². The third-order valence-electron chi connectivity index (χ3n) is 3.68. The fraction of sp³-hybridized carbons (Fsp3) is 0.176. The van der Waals surface area contributed by atoms with E-state index in [9.17, 15) is 4.79 Å². The Labute approximate surface area is 159 Å². The lowest BCUT2D eigenvalue weighted by atomic mass is 10.1. The predicted molar refractivity (Wildman–Crippen MR) is 104 cm³/mol. The van der Waals surface area contributed by atoms with E-state index in [0.29, 0.717) is 21.8 Å². The van der Waals surface area contributed by atoms with E-state index in [2.05, 4.69) is 20.5 Å². The molecule has 1 amide bonds. The molecule has 1 atom stereocenters. The second-order valence-electron chi connectivity index (χ2n) is 5.60. The molecular formula is C17H17ClN6OS. The van der Waals surface area contributed by atoms with Gasteiger partial charge in [-0.1, -0.05) is 47.6 Å². The van der Waals surface area contributed by atoms with Gasteiger partial charge in [-0.2, -0.15) is 0 Å². The lowest BCUT2D eigenvalue weighted by molar-refractivity contribution is -0.115. The summed E-state index contributed by atoms with van der Waals surface area (Å²) in [6.45, 7) is 3.74. The zero-order valence-corrected chi connectivity index (χ0v) is 15.8. The van der Waals surface area contributed by atoms with E-state index in [1.165, 1.54) is 22.6 Å². The van der Waals surface area contributed by atoms with Crippen molar-refractivity contribution >= 4 is 35.1 Å². The summed E-state index contributed by atoms with van der Waals surface area (Å²) in [5, 5.41) is 11.5. The van der Waals surface area contributed by atoms with E-state index in [-0.39, 0.29) is 5.91 Å². The van der Waals surface area contributed by atoms with Gasteiger partial charge in [-0.25, -0.2) is 9.66 Å². The molecule has 1 aromatic carbocycles. The predicted octanol–water partition coefficient (Wildman–Crippen LogP) is 3.14. The van der Waals surface area contributed by atoms with Crippen LogP contribution in [0.1, 0.15) is 12.5 Å². The third kappa shape index (κ3) is 3.97. The first-order valence-electron chi connectivity index (χ1n) is 7.81. The van der Waals surface area contributed by atoms with Crippen molar-refractivity contribution in [3.8, 4) is 11.4 Å². The number of hydrogen-bond acceptors (Lipinski definition) is 6. The molecule has 0 fully saturated rings. The number of rotatable bonds is 5. The minimum atomic E-state index is -0.441. The topological polar surface area (TPSA) is 98.7 Å². The molecular weight excluding hydrogens is 372 g/mol. The highest BCUT2D eigenvalue weighted by atomic mass is 35.5. The van der Waals surface area contributed by atoms with Crippen molar-refractivity contribution in [1.82, 2.24) is 19.9 Å². The highest BCUT2D eigenvalue weighted by Crippen LogP contribution is 2.26. The average molecular weight is 389 g/mol. The molecule has 3 aromatic rings. The van der Waals surface area contributed by atoms with Crippen molar-refractivity contribution in [2.75, 3.05) is 11.2 Å². The molecule has 0 unspecified atom stereocenters. The van der Waals surface area contributed by atoms with E-state index < -0.39 is 5.25 Å². The van der Waals surface area contributed by atoms with Crippen LogP contribution in [0.2, 0.25) is 5.02 Å². The number of anilines is 1. The van der Waals surface area contributed by atoms with Crippen molar-refractivity contribution in [3.05, 3.63) is 53.2 Å². The lowest BCUT2D eigenvalue weighted by Gasteiger charge is -2.11. The third-order valence-corrected chi connectivity index (χ3v) is 4.96. The number of hydrogen-bond donors (Lipinski definition) is 2. The maximum absolute atomic E-state index is 12.3. The highest BCUT2D eigenvalue weighted by Gasteiger charge is 2.20. The van der Waals surface area contributed by atoms with Gasteiger partial charge in [0.15, 0.2) is 5.82 Å². The number of benzene rings is 1. The summed E-state index contributed by atoms with van der Waals surface area (Å²) in [6.07, 6.45) is 1.47. The second-order valence-corrected chi connectivity index (χ2v) is 7.35. The largest absolute Gasteiger partial charge is 0.335 e. The Morgan fingerprint density at radius 3 is 2.73 bits per heavy atom.